The van der Waals surface area contributed by atoms with Gasteiger partial charge >= 0.3 is 5.97 Å². The molecule has 0 atom stereocenters. The maximum absolute atomic E-state index is 11.3. The maximum Gasteiger partial charge on any atom is 0.358 e. The van der Waals surface area contributed by atoms with Gasteiger partial charge in [-0.3, -0.25) is 0 Å². The van der Waals surface area contributed by atoms with Crippen LogP contribution in [0.2, 0.25) is 0 Å². The van der Waals surface area contributed by atoms with Crippen molar-refractivity contribution in [3.05, 3.63) is 34.2 Å². The van der Waals surface area contributed by atoms with Crippen molar-refractivity contribution < 1.29 is 9.53 Å². The molecular formula is C14H13N5O2S2. The molecule has 0 bridgehead atoms. The molecule has 9 heteroatoms. The van der Waals surface area contributed by atoms with Crippen molar-refractivity contribution in [2.45, 2.75) is 13.8 Å². The molecule has 23 heavy (non-hydrogen) atoms. The Morgan fingerprint density at radius 2 is 2.04 bits per heavy atom. The second-order valence-corrected chi connectivity index (χ2v) is 6.65. The van der Waals surface area contributed by atoms with Crippen molar-refractivity contribution in [2.75, 3.05) is 12.4 Å². The average Bonchev–Trinajstić information content (AvgIpc) is 3.13. The van der Waals surface area contributed by atoms with Crippen LogP contribution in [0.5, 0.6) is 0 Å². The number of aryl methyl sites for hydroxylation is 2. The highest BCUT2D eigenvalue weighted by molar-refractivity contribution is 7.16. The molecule has 7 nitrogen and oxygen atoms in total. The van der Waals surface area contributed by atoms with E-state index in [9.17, 15) is 4.79 Å². The number of methoxy groups -OCH3 is 1. The molecular weight excluding hydrogens is 334 g/mol. The first-order valence-corrected chi connectivity index (χ1v) is 8.33. The van der Waals surface area contributed by atoms with E-state index < -0.39 is 5.97 Å². The minimum atomic E-state index is -0.517. The van der Waals surface area contributed by atoms with Gasteiger partial charge in [-0.1, -0.05) is 0 Å². The van der Waals surface area contributed by atoms with Crippen LogP contribution in [0.1, 0.15) is 21.2 Å². The summed E-state index contributed by atoms with van der Waals surface area (Å²) in [6, 6.07) is 0. The molecule has 3 heterocycles. The molecule has 0 aliphatic rings. The first-order chi connectivity index (χ1) is 11.1. The zero-order valence-electron chi connectivity index (χ0n) is 12.7. The number of carbonyl (C=O) groups is 1. The van der Waals surface area contributed by atoms with E-state index in [-0.39, 0.29) is 5.69 Å². The Kier molecular flexibility index (Phi) is 4.30. The number of ether oxygens (including phenoxy) is 1. The molecule has 0 saturated heterocycles. The number of hydrogen-bond donors (Lipinski definition) is 1. The molecule has 0 radical (unpaired) electrons. The van der Waals surface area contributed by atoms with Gasteiger partial charge in [-0.05, 0) is 13.8 Å². The van der Waals surface area contributed by atoms with Crippen molar-refractivity contribution >= 4 is 39.6 Å². The largest absolute Gasteiger partial charge is 0.464 e. The predicted octanol–water partition coefficient (Wildman–Crippen LogP) is 3.20. The van der Waals surface area contributed by atoms with Crippen LogP contribution in [0.25, 0.3) is 10.6 Å². The highest BCUT2D eigenvalue weighted by Crippen LogP contribution is 2.32. The third-order valence-corrected chi connectivity index (χ3v) is 4.77. The van der Waals surface area contributed by atoms with Crippen molar-refractivity contribution in [1.29, 1.82) is 0 Å². The van der Waals surface area contributed by atoms with Gasteiger partial charge in [-0.2, -0.15) is 0 Å². The number of nitrogens with one attached hydrogen (secondary N) is 1. The molecule has 0 unspecified atom stereocenters. The van der Waals surface area contributed by atoms with Crippen molar-refractivity contribution in [2.24, 2.45) is 0 Å². The zero-order valence-corrected chi connectivity index (χ0v) is 14.3. The van der Waals surface area contributed by atoms with Gasteiger partial charge in [0, 0.05) is 5.38 Å². The Balaban J connectivity index is 1.76. The van der Waals surface area contributed by atoms with E-state index >= 15 is 0 Å². The van der Waals surface area contributed by atoms with E-state index in [4.69, 9.17) is 0 Å². The van der Waals surface area contributed by atoms with E-state index in [0.717, 1.165) is 21.3 Å². The maximum atomic E-state index is 11.3. The van der Waals surface area contributed by atoms with Gasteiger partial charge in [0.25, 0.3) is 0 Å². The molecule has 1 N–H and O–H groups in total. The molecule has 3 aromatic heterocycles. The molecule has 0 aliphatic carbocycles. The number of rotatable bonds is 4. The quantitative estimate of drug-likeness (QED) is 0.725. The van der Waals surface area contributed by atoms with Gasteiger partial charge in [-0.25, -0.2) is 24.7 Å². The molecule has 0 spiro atoms. The number of nitrogens with zero attached hydrogens (tertiary/aromatic N) is 4. The summed E-state index contributed by atoms with van der Waals surface area (Å²) in [5.74, 6) is -0.00705. The van der Waals surface area contributed by atoms with E-state index in [1.54, 1.807) is 11.3 Å². The van der Waals surface area contributed by atoms with Gasteiger partial charge in [0.05, 0.1) is 40.8 Å². The number of thiazole rings is 2. The fraction of sp³-hybridized carbons (Fsp3) is 0.214. The monoisotopic (exact) mass is 347 g/mol. The standard InChI is InChI=1S/C14H13N5O2S2/c1-7-12(23-8(2)17-7)10-6-22-14(18-10)19-11-5-15-9(4-16-11)13(20)21-3/h4-6H,1-3H3,(H,16,18,19). The molecule has 0 aromatic carbocycles. The predicted molar refractivity (Wildman–Crippen MR) is 89.4 cm³/mol. The molecule has 3 aromatic rings. The lowest BCUT2D eigenvalue weighted by atomic mass is 10.3. The van der Waals surface area contributed by atoms with E-state index in [1.807, 2.05) is 19.2 Å². The van der Waals surface area contributed by atoms with Crippen LogP contribution in [0.3, 0.4) is 0 Å². The van der Waals surface area contributed by atoms with E-state index in [0.29, 0.717) is 10.9 Å². The minimum absolute atomic E-state index is 0.161. The summed E-state index contributed by atoms with van der Waals surface area (Å²) >= 11 is 3.09. The first-order valence-electron chi connectivity index (χ1n) is 6.64. The topological polar surface area (TPSA) is 89.9 Å². The van der Waals surface area contributed by atoms with Gasteiger partial charge < -0.3 is 10.1 Å². The number of aromatic nitrogens is 4. The third-order valence-electron chi connectivity index (χ3n) is 2.92. The second-order valence-electron chi connectivity index (χ2n) is 4.59. The highest BCUT2D eigenvalue weighted by Gasteiger charge is 2.12. The summed E-state index contributed by atoms with van der Waals surface area (Å²) in [5.41, 5.74) is 2.03. The van der Waals surface area contributed by atoms with Gasteiger partial charge in [0.1, 0.15) is 0 Å². The van der Waals surface area contributed by atoms with Gasteiger partial charge in [-0.15, -0.1) is 22.7 Å². The van der Waals surface area contributed by atoms with Crippen LogP contribution in [0, 0.1) is 13.8 Å². The van der Waals surface area contributed by atoms with Crippen LogP contribution in [0.15, 0.2) is 17.8 Å². The second kappa shape index (κ2) is 6.39. The Hall–Kier alpha value is -2.39. The lowest BCUT2D eigenvalue weighted by molar-refractivity contribution is 0.0593. The van der Waals surface area contributed by atoms with Crippen molar-refractivity contribution in [3.8, 4) is 10.6 Å². The zero-order chi connectivity index (χ0) is 16.4. The number of carbonyl (C=O) groups excluding carboxylic acids is 1. The Morgan fingerprint density at radius 1 is 1.22 bits per heavy atom. The molecule has 0 fully saturated rings. The van der Waals surface area contributed by atoms with Crippen LogP contribution in [-0.2, 0) is 4.74 Å². The van der Waals surface area contributed by atoms with E-state index in [1.165, 1.54) is 30.8 Å². The summed E-state index contributed by atoms with van der Waals surface area (Å²) in [4.78, 5) is 29.5. The average molecular weight is 347 g/mol. The summed E-state index contributed by atoms with van der Waals surface area (Å²) in [7, 11) is 1.30. The van der Waals surface area contributed by atoms with Crippen molar-refractivity contribution in [1.82, 2.24) is 19.9 Å². The Morgan fingerprint density at radius 3 is 2.65 bits per heavy atom. The summed E-state index contributed by atoms with van der Waals surface area (Å²) < 4.78 is 4.58. The van der Waals surface area contributed by atoms with Crippen LogP contribution in [0.4, 0.5) is 10.9 Å². The smallest absolute Gasteiger partial charge is 0.358 e. The third kappa shape index (κ3) is 3.35. The number of hydrogen-bond acceptors (Lipinski definition) is 9. The molecule has 118 valence electrons. The summed E-state index contributed by atoms with van der Waals surface area (Å²) in [6.45, 7) is 3.95. The fourth-order valence-corrected chi connectivity index (χ4v) is 3.58. The highest BCUT2D eigenvalue weighted by atomic mass is 32.1. The normalized spacial score (nSPS) is 10.6. The SMILES string of the molecule is COC(=O)c1cnc(Nc2nc(-c3sc(C)nc3C)cs2)cn1. The first kappa shape index (κ1) is 15.5. The summed E-state index contributed by atoms with van der Waals surface area (Å²) in [6.07, 6.45) is 2.83. The fourth-order valence-electron chi connectivity index (χ4n) is 1.92. The molecule has 0 amide bonds. The molecule has 0 aliphatic heterocycles. The van der Waals surface area contributed by atoms with Crippen molar-refractivity contribution in [3.63, 3.8) is 0 Å². The van der Waals surface area contributed by atoms with Gasteiger partial charge in [0.15, 0.2) is 16.6 Å². The Labute approximate surface area is 140 Å². The lowest BCUT2D eigenvalue weighted by Crippen LogP contribution is -2.05. The molecule has 0 saturated carbocycles. The van der Waals surface area contributed by atoms with E-state index in [2.05, 4.69) is 30.0 Å². The number of esters is 1. The number of anilines is 2. The van der Waals surface area contributed by atoms with Crippen LogP contribution < -0.4 is 5.32 Å². The summed E-state index contributed by atoms with van der Waals surface area (Å²) in [5, 5.41) is 6.76. The molecule has 3 rings (SSSR count). The van der Waals surface area contributed by atoms with Gasteiger partial charge in [0.2, 0.25) is 0 Å². The lowest BCUT2D eigenvalue weighted by Gasteiger charge is -2.02. The Bertz CT molecular complexity index is 841. The minimum Gasteiger partial charge on any atom is -0.464 e. The van der Waals surface area contributed by atoms with Crippen LogP contribution in [-0.4, -0.2) is 33.0 Å². The van der Waals surface area contributed by atoms with Crippen LogP contribution >= 0.6 is 22.7 Å².